The lowest BCUT2D eigenvalue weighted by atomic mass is 10.2. The number of rotatable bonds is 7. The highest BCUT2D eigenvalue weighted by Gasteiger charge is 2.22. The molecule has 0 aliphatic heterocycles. The normalized spacial score (nSPS) is 11.0. The van der Waals surface area contributed by atoms with E-state index in [0.717, 1.165) is 0 Å². The third-order valence-corrected chi connectivity index (χ3v) is 6.08. The maximum absolute atomic E-state index is 12.9. The summed E-state index contributed by atoms with van der Waals surface area (Å²) in [5.74, 6) is 0.316. The fourth-order valence-electron chi connectivity index (χ4n) is 2.74. The van der Waals surface area contributed by atoms with Gasteiger partial charge in [-0.05, 0) is 61.5 Å². The van der Waals surface area contributed by atoms with E-state index in [-0.39, 0.29) is 10.5 Å². The molecular weight excluding hydrogens is 388 g/mol. The Balaban J connectivity index is 1.80. The van der Waals surface area contributed by atoms with Gasteiger partial charge in [0, 0.05) is 18.3 Å². The number of hydrogen-bond donors (Lipinski definition) is 1. The Labute approximate surface area is 170 Å². The first-order chi connectivity index (χ1) is 13.9. The van der Waals surface area contributed by atoms with Gasteiger partial charge >= 0.3 is 0 Å². The van der Waals surface area contributed by atoms with Crippen LogP contribution in [-0.4, -0.2) is 28.0 Å². The highest BCUT2D eigenvalue weighted by atomic mass is 32.2. The molecule has 1 amide bonds. The molecule has 3 rings (SSSR count). The topological polar surface area (TPSA) is 75.7 Å². The molecule has 0 radical (unpaired) electrons. The van der Waals surface area contributed by atoms with E-state index in [1.165, 1.54) is 23.5 Å². The van der Waals surface area contributed by atoms with Crippen LogP contribution in [0.5, 0.6) is 5.75 Å². The third-order valence-electron chi connectivity index (χ3n) is 4.30. The lowest BCUT2D eigenvalue weighted by molar-refractivity contribution is 0.102. The maximum Gasteiger partial charge on any atom is 0.264 e. The van der Waals surface area contributed by atoms with Gasteiger partial charge in [-0.2, -0.15) is 0 Å². The zero-order chi connectivity index (χ0) is 20.9. The number of carbonyl (C=O) groups is 1. The van der Waals surface area contributed by atoms with Crippen LogP contribution >= 0.6 is 0 Å². The molecule has 0 unspecified atom stereocenters. The lowest BCUT2D eigenvalue weighted by Gasteiger charge is -2.19. The summed E-state index contributed by atoms with van der Waals surface area (Å²) in [7, 11) is -2.31. The number of amides is 1. The average molecular weight is 410 g/mol. The molecule has 0 aromatic heterocycles. The van der Waals surface area contributed by atoms with Crippen LogP contribution in [0.4, 0.5) is 11.4 Å². The number of sulfonamides is 1. The first-order valence-corrected chi connectivity index (χ1v) is 10.5. The van der Waals surface area contributed by atoms with Gasteiger partial charge in [-0.1, -0.05) is 24.3 Å². The molecule has 1 N–H and O–H groups in total. The van der Waals surface area contributed by atoms with Crippen molar-refractivity contribution in [3.05, 3.63) is 84.4 Å². The van der Waals surface area contributed by atoms with Crippen LogP contribution in [0.1, 0.15) is 17.3 Å². The molecule has 0 atom stereocenters. The molecule has 29 heavy (non-hydrogen) atoms. The van der Waals surface area contributed by atoms with Crippen LogP contribution in [-0.2, 0) is 10.0 Å². The quantitative estimate of drug-likeness (QED) is 0.635. The van der Waals surface area contributed by atoms with Crippen molar-refractivity contribution in [3.8, 4) is 5.75 Å². The Kier molecular flexibility index (Phi) is 6.19. The molecule has 6 nitrogen and oxygen atoms in total. The molecule has 3 aromatic carbocycles. The van der Waals surface area contributed by atoms with Gasteiger partial charge in [-0.15, -0.1) is 0 Å². The molecule has 0 heterocycles. The third kappa shape index (κ3) is 4.75. The summed E-state index contributed by atoms with van der Waals surface area (Å²) >= 11 is 0. The summed E-state index contributed by atoms with van der Waals surface area (Å²) in [6.07, 6.45) is 0. The van der Waals surface area contributed by atoms with Gasteiger partial charge in [0.1, 0.15) is 5.75 Å². The number of ether oxygens (including phenoxy) is 1. The lowest BCUT2D eigenvalue weighted by Crippen LogP contribution is -2.26. The number of anilines is 2. The van der Waals surface area contributed by atoms with Crippen molar-refractivity contribution < 1.29 is 17.9 Å². The van der Waals surface area contributed by atoms with Crippen molar-refractivity contribution in [2.75, 3.05) is 23.3 Å². The van der Waals surface area contributed by atoms with Crippen LogP contribution in [0, 0.1) is 0 Å². The second-order valence-electron chi connectivity index (χ2n) is 6.25. The van der Waals surface area contributed by atoms with Gasteiger partial charge in [-0.25, -0.2) is 8.42 Å². The van der Waals surface area contributed by atoms with Gasteiger partial charge in [-0.3, -0.25) is 9.10 Å². The van der Waals surface area contributed by atoms with E-state index in [9.17, 15) is 13.2 Å². The predicted molar refractivity (Wildman–Crippen MR) is 114 cm³/mol. The molecule has 7 heteroatoms. The Morgan fingerprint density at radius 1 is 0.966 bits per heavy atom. The van der Waals surface area contributed by atoms with E-state index in [4.69, 9.17) is 4.74 Å². The van der Waals surface area contributed by atoms with Gasteiger partial charge in [0.05, 0.1) is 17.2 Å². The smallest absolute Gasteiger partial charge is 0.264 e. The van der Waals surface area contributed by atoms with Crippen LogP contribution < -0.4 is 14.4 Å². The van der Waals surface area contributed by atoms with Crippen molar-refractivity contribution in [1.82, 2.24) is 0 Å². The Hall–Kier alpha value is -3.32. The highest BCUT2D eigenvalue weighted by Crippen LogP contribution is 2.23. The van der Waals surface area contributed by atoms with Crippen molar-refractivity contribution in [1.29, 1.82) is 0 Å². The zero-order valence-electron chi connectivity index (χ0n) is 16.2. The minimum Gasteiger partial charge on any atom is -0.494 e. The van der Waals surface area contributed by atoms with E-state index in [0.29, 0.717) is 23.7 Å². The summed E-state index contributed by atoms with van der Waals surface area (Å²) in [6.45, 7) is 2.45. The van der Waals surface area contributed by atoms with Crippen LogP contribution in [0.15, 0.2) is 83.8 Å². The number of nitrogens with zero attached hydrogens (tertiary/aromatic N) is 1. The van der Waals surface area contributed by atoms with E-state index in [1.807, 2.05) is 13.0 Å². The summed E-state index contributed by atoms with van der Waals surface area (Å²) < 4.78 is 32.5. The fourth-order valence-corrected chi connectivity index (χ4v) is 3.98. The molecule has 0 saturated carbocycles. The molecule has 0 aliphatic carbocycles. The minimum atomic E-state index is -3.80. The Bertz CT molecular complexity index is 1080. The second-order valence-corrected chi connectivity index (χ2v) is 8.22. The van der Waals surface area contributed by atoms with Gasteiger partial charge in [0.2, 0.25) is 0 Å². The minimum absolute atomic E-state index is 0.0446. The Morgan fingerprint density at radius 3 is 2.31 bits per heavy atom. The van der Waals surface area contributed by atoms with Gasteiger partial charge in [0.25, 0.3) is 15.9 Å². The van der Waals surface area contributed by atoms with Crippen LogP contribution in [0.25, 0.3) is 0 Å². The summed E-state index contributed by atoms with van der Waals surface area (Å²) in [4.78, 5) is 12.6. The van der Waals surface area contributed by atoms with Crippen molar-refractivity contribution in [3.63, 3.8) is 0 Å². The Morgan fingerprint density at radius 2 is 1.66 bits per heavy atom. The number of nitrogens with one attached hydrogen (secondary N) is 1. The fraction of sp³-hybridized carbons (Fsp3) is 0.136. The standard InChI is InChI=1S/C22H22N2O4S/c1-3-28-20-14-12-18(13-15-20)23-22(25)17-8-7-11-21(16-17)29(26,27)24(2)19-9-5-4-6-10-19/h4-16H,3H2,1-2H3,(H,23,25). The molecule has 3 aromatic rings. The number of hydrogen-bond acceptors (Lipinski definition) is 4. The monoisotopic (exact) mass is 410 g/mol. The van der Waals surface area contributed by atoms with E-state index in [2.05, 4.69) is 5.32 Å². The molecule has 0 saturated heterocycles. The maximum atomic E-state index is 12.9. The molecule has 0 fully saturated rings. The molecule has 0 bridgehead atoms. The first kappa shape index (κ1) is 20.4. The molecule has 0 aliphatic rings. The summed E-state index contributed by atoms with van der Waals surface area (Å²) in [6, 6.07) is 21.7. The van der Waals surface area contributed by atoms with E-state index < -0.39 is 15.9 Å². The van der Waals surface area contributed by atoms with E-state index in [1.54, 1.807) is 60.7 Å². The first-order valence-electron chi connectivity index (χ1n) is 9.10. The average Bonchev–Trinajstić information content (AvgIpc) is 2.75. The summed E-state index contributed by atoms with van der Waals surface area (Å²) in [5, 5.41) is 2.76. The van der Waals surface area contributed by atoms with Crippen LogP contribution in [0.3, 0.4) is 0 Å². The second kappa shape index (κ2) is 8.79. The zero-order valence-corrected chi connectivity index (χ0v) is 17.0. The predicted octanol–water partition coefficient (Wildman–Crippen LogP) is 4.16. The van der Waals surface area contributed by atoms with Crippen molar-refractivity contribution in [2.24, 2.45) is 0 Å². The number of carbonyl (C=O) groups excluding carboxylic acids is 1. The largest absolute Gasteiger partial charge is 0.494 e. The van der Waals surface area contributed by atoms with Gasteiger partial charge < -0.3 is 10.1 Å². The van der Waals surface area contributed by atoms with E-state index >= 15 is 0 Å². The SMILES string of the molecule is CCOc1ccc(NC(=O)c2cccc(S(=O)(=O)N(C)c3ccccc3)c2)cc1. The number of para-hydroxylation sites is 1. The van der Waals surface area contributed by atoms with Crippen LogP contribution in [0.2, 0.25) is 0 Å². The molecule has 0 spiro atoms. The van der Waals surface area contributed by atoms with Gasteiger partial charge in [0.15, 0.2) is 0 Å². The molecule has 150 valence electrons. The molecular formula is C22H22N2O4S. The number of benzene rings is 3. The van der Waals surface area contributed by atoms with Crippen molar-refractivity contribution >= 4 is 27.3 Å². The highest BCUT2D eigenvalue weighted by molar-refractivity contribution is 7.92. The van der Waals surface area contributed by atoms with Crippen molar-refractivity contribution in [2.45, 2.75) is 11.8 Å². The summed E-state index contributed by atoms with van der Waals surface area (Å²) in [5.41, 5.74) is 1.38.